The highest BCUT2D eigenvalue weighted by Gasteiger charge is 2.07. The van der Waals surface area contributed by atoms with E-state index in [4.69, 9.17) is 5.26 Å². The summed E-state index contributed by atoms with van der Waals surface area (Å²) in [6.07, 6.45) is 1.83. The Bertz CT molecular complexity index is 514. The molecule has 0 aliphatic heterocycles. The van der Waals surface area contributed by atoms with Crippen LogP contribution in [0.15, 0.2) is 35.8 Å². The lowest BCUT2D eigenvalue weighted by molar-refractivity contribution is 0.795. The normalized spacial score (nSPS) is 11.8. The largest absolute Gasteiger partial charge is 0.384 e. The van der Waals surface area contributed by atoms with Crippen molar-refractivity contribution in [3.63, 3.8) is 0 Å². The second-order valence-corrected chi connectivity index (χ2v) is 4.77. The van der Waals surface area contributed by atoms with E-state index in [1.54, 1.807) is 17.4 Å². The molecule has 0 bridgehead atoms. The van der Waals surface area contributed by atoms with Gasteiger partial charge in [0.1, 0.15) is 0 Å². The minimum Gasteiger partial charge on any atom is -0.384 e. The first-order valence-corrected chi connectivity index (χ1v) is 6.31. The van der Waals surface area contributed by atoms with Crippen molar-refractivity contribution in [3.05, 3.63) is 46.4 Å². The minimum absolute atomic E-state index is 0.376. The summed E-state index contributed by atoms with van der Waals surface area (Å²) < 4.78 is 0. The van der Waals surface area contributed by atoms with Gasteiger partial charge >= 0.3 is 0 Å². The topological polar surface area (TPSA) is 48.7 Å². The van der Waals surface area contributed by atoms with Crippen LogP contribution in [0.3, 0.4) is 0 Å². The molecular formula is C13H13N3S. The van der Waals surface area contributed by atoms with Gasteiger partial charge in [0.25, 0.3) is 0 Å². The van der Waals surface area contributed by atoms with Crippen LogP contribution in [-0.4, -0.2) is 11.5 Å². The second kappa shape index (κ2) is 5.46. The Morgan fingerprint density at radius 3 is 3.12 bits per heavy atom. The van der Waals surface area contributed by atoms with Crippen LogP contribution in [0.25, 0.3) is 0 Å². The van der Waals surface area contributed by atoms with Gasteiger partial charge in [-0.2, -0.15) is 5.26 Å². The third-order valence-electron chi connectivity index (χ3n) is 2.48. The van der Waals surface area contributed by atoms with Crippen LogP contribution in [-0.2, 0) is 0 Å². The van der Waals surface area contributed by atoms with E-state index in [-0.39, 0.29) is 0 Å². The molecule has 1 aromatic heterocycles. The summed E-state index contributed by atoms with van der Waals surface area (Å²) in [6.45, 7) is 2.96. The van der Waals surface area contributed by atoms with Crippen LogP contribution in [0.1, 0.15) is 23.4 Å². The molecule has 17 heavy (non-hydrogen) atoms. The number of hydrogen-bond donors (Lipinski definition) is 1. The van der Waals surface area contributed by atoms with Gasteiger partial charge < -0.3 is 5.32 Å². The Kier molecular flexibility index (Phi) is 3.73. The van der Waals surface area contributed by atoms with Gasteiger partial charge in [0.15, 0.2) is 0 Å². The average Bonchev–Trinajstić information content (AvgIpc) is 2.90. The molecule has 0 spiro atoms. The lowest BCUT2D eigenvalue weighted by Gasteiger charge is -2.11. The summed E-state index contributed by atoms with van der Waals surface area (Å²) in [5, 5.41) is 15.2. The molecule has 0 saturated heterocycles. The summed E-state index contributed by atoms with van der Waals surface area (Å²) in [4.78, 5) is 4.29. The Morgan fingerprint density at radius 1 is 1.53 bits per heavy atom. The van der Waals surface area contributed by atoms with E-state index in [1.807, 2.05) is 29.8 Å². The van der Waals surface area contributed by atoms with Crippen molar-refractivity contribution >= 4 is 17.0 Å². The molecule has 1 unspecified atom stereocenters. The smallest absolute Gasteiger partial charge is 0.0992 e. The van der Waals surface area contributed by atoms with Gasteiger partial charge in [-0.15, -0.1) is 11.3 Å². The standard InChI is InChI=1S/C13H13N3S/c1-10(13-15-5-6-17-13)9-16-12-4-2-3-11(7-12)8-14/h2-7,10,16H,9H2,1H3. The summed E-state index contributed by atoms with van der Waals surface area (Å²) in [5.41, 5.74) is 1.66. The zero-order valence-electron chi connectivity index (χ0n) is 9.55. The van der Waals surface area contributed by atoms with E-state index in [9.17, 15) is 0 Å². The number of nitrogens with zero attached hydrogens (tertiary/aromatic N) is 2. The Balaban J connectivity index is 1.96. The van der Waals surface area contributed by atoms with Crippen molar-refractivity contribution in [1.29, 1.82) is 5.26 Å². The first-order valence-electron chi connectivity index (χ1n) is 5.43. The SMILES string of the molecule is CC(CNc1cccc(C#N)c1)c1nccs1. The summed E-state index contributed by atoms with van der Waals surface area (Å²) in [5.74, 6) is 0.376. The number of thiazole rings is 1. The third kappa shape index (κ3) is 3.05. The van der Waals surface area contributed by atoms with Crippen LogP contribution in [0.4, 0.5) is 5.69 Å². The fourth-order valence-corrected chi connectivity index (χ4v) is 2.23. The summed E-state index contributed by atoms with van der Waals surface area (Å²) in [7, 11) is 0. The van der Waals surface area contributed by atoms with E-state index in [2.05, 4.69) is 23.3 Å². The van der Waals surface area contributed by atoms with Crippen molar-refractivity contribution in [3.8, 4) is 6.07 Å². The van der Waals surface area contributed by atoms with Gasteiger partial charge in [0.05, 0.1) is 16.6 Å². The molecule has 0 amide bonds. The van der Waals surface area contributed by atoms with E-state index in [1.165, 1.54) is 0 Å². The molecule has 86 valence electrons. The molecule has 2 aromatic rings. The predicted molar refractivity (Wildman–Crippen MR) is 70.2 cm³/mol. The van der Waals surface area contributed by atoms with Gasteiger partial charge in [0.2, 0.25) is 0 Å². The van der Waals surface area contributed by atoms with E-state index in [0.29, 0.717) is 11.5 Å². The maximum absolute atomic E-state index is 8.80. The molecule has 4 heteroatoms. The van der Waals surface area contributed by atoms with Crippen molar-refractivity contribution in [2.45, 2.75) is 12.8 Å². The molecular weight excluding hydrogens is 230 g/mol. The Hall–Kier alpha value is -1.86. The van der Waals surface area contributed by atoms with Crippen LogP contribution >= 0.6 is 11.3 Å². The van der Waals surface area contributed by atoms with E-state index >= 15 is 0 Å². The molecule has 0 fully saturated rings. The van der Waals surface area contributed by atoms with Crippen molar-refractivity contribution < 1.29 is 0 Å². The highest BCUT2D eigenvalue weighted by molar-refractivity contribution is 7.09. The van der Waals surface area contributed by atoms with Gasteiger partial charge in [-0.25, -0.2) is 4.98 Å². The lowest BCUT2D eigenvalue weighted by Crippen LogP contribution is -2.09. The molecule has 1 N–H and O–H groups in total. The number of benzene rings is 1. The first-order chi connectivity index (χ1) is 8.29. The van der Waals surface area contributed by atoms with Crippen LogP contribution in [0.5, 0.6) is 0 Å². The number of nitriles is 1. The highest BCUT2D eigenvalue weighted by atomic mass is 32.1. The van der Waals surface area contributed by atoms with Gasteiger partial charge in [-0.05, 0) is 18.2 Å². The maximum atomic E-state index is 8.80. The quantitative estimate of drug-likeness (QED) is 0.896. The zero-order chi connectivity index (χ0) is 12.1. The number of rotatable bonds is 4. The molecule has 1 atom stereocenters. The number of hydrogen-bond acceptors (Lipinski definition) is 4. The van der Waals surface area contributed by atoms with E-state index < -0.39 is 0 Å². The highest BCUT2D eigenvalue weighted by Crippen LogP contribution is 2.18. The predicted octanol–water partition coefficient (Wildman–Crippen LogP) is 3.23. The molecule has 0 saturated carbocycles. The number of aromatic nitrogens is 1. The summed E-state index contributed by atoms with van der Waals surface area (Å²) >= 11 is 1.67. The lowest BCUT2D eigenvalue weighted by atomic mass is 10.1. The van der Waals surface area contributed by atoms with Crippen molar-refractivity contribution in [1.82, 2.24) is 4.98 Å². The van der Waals surface area contributed by atoms with Crippen molar-refractivity contribution in [2.75, 3.05) is 11.9 Å². The monoisotopic (exact) mass is 243 g/mol. The first kappa shape index (κ1) is 11.6. The van der Waals surface area contributed by atoms with Crippen LogP contribution in [0.2, 0.25) is 0 Å². The molecule has 2 rings (SSSR count). The zero-order valence-corrected chi connectivity index (χ0v) is 10.4. The fraction of sp³-hybridized carbons (Fsp3) is 0.231. The van der Waals surface area contributed by atoms with Gasteiger partial charge in [0, 0.05) is 29.7 Å². The fourth-order valence-electron chi connectivity index (χ4n) is 1.53. The third-order valence-corrected chi connectivity index (χ3v) is 3.48. The molecule has 1 aromatic carbocycles. The number of anilines is 1. The van der Waals surface area contributed by atoms with Gasteiger partial charge in [-0.1, -0.05) is 13.0 Å². The molecule has 3 nitrogen and oxygen atoms in total. The molecule has 0 aliphatic carbocycles. The average molecular weight is 243 g/mol. The van der Waals surface area contributed by atoms with Crippen molar-refractivity contribution in [2.24, 2.45) is 0 Å². The Labute approximate surface area is 105 Å². The van der Waals surface area contributed by atoms with E-state index in [0.717, 1.165) is 17.2 Å². The minimum atomic E-state index is 0.376. The second-order valence-electron chi connectivity index (χ2n) is 3.84. The summed E-state index contributed by atoms with van der Waals surface area (Å²) in [6, 6.07) is 9.64. The van der Waals surface area contributed by atoms with Crippen LogP contribution in [0, 0.1) is 11.3 Å². The molecule has 1 heterocycles. The van der Waals surface area contributed by atoms with Gasteiger partial charge in [-0.3, -0.25) is 0 Å². The maximum Gasteiger partial charge on any atom is 0.0992 e. The Morgan fingerprint density at radius 2 is 2.41 bits per heavy atom. The number of nitrogens with one attached hydrogen (secondary N) is 1. The molecule has 0 aliphatic rings. The molecule has 0 radical (unpaired) electrons. The van der Waals surface area contributed by atoms with Crippen LogP contribution < -0.4 is 5.32 Å².